The summed E-state index contributed by atoms with van der Waals surface area (Å²) in [5.74, 6) is -1.01. The van der Waals surface area contributed by atoms with E-state index in [0.717, 1.165) is 109 Å². The van der Waals surface area contributed by atoms with Gasteiger partial charge in [0, 0.05) is 19.3 Å². The Kier molecular flexibility index (Phi) is 43.2. The van der Waals surface area contributed by atoms with Crippen LogP contribution in [0.2, 0.25) is 0 Å². The van der Waals surface area contributed by atoms with Gasteiger partial charge < -0.3 is 14.2 Å². The van der Waals surface area contributed by atoms with Crippen LogP contribution >= 0.6 is 0 Å². The van der Waals surface area contributed by atoms with E-state index in [0.29, 0.717) is 19.3 Å². The summed E-state index contributed by atoms with van der Waals surface area (Å²) in [5.41, 5.74) is 0. The molecule has 0 saturated heterocycles. The van der Waals surface area contributed by atoms with Crippen molar-refractivity contribution in [1.82, 2.24) is 0 Å². The molecule has 0 aliphatic heterocycles. The lowest BCUT2D eigenvalue weighted by Gasteiger charge is -2.18. The molecule has 6 nitrogen and oxygen atoms in total. The number of carbonyl (C=O) groups excluding carboxylic acids is 3. The Balaban J connectivity index is 4.52. The molecule has 0 saturated carbocycles. The number of unbranched alkanes of at least 4 members (excludes halogenated alkanes) is 15. The van der Waals surface area contributed by atoms with Crippen molar-refractivity contribution in [1.29, 1.82) is 0 Å². The Morgan fingerprint density at radius 3 is 1.17 bits per heavy atom. The molecule has 0 fully saturated rings. The number of ether oxygens (including phenoxy) is 3. The zero-order valence-corrected chi connectivity index (χ0v) is 37.5. The predicted octanol–water partition coefficient (Wildman–Crippen LogP) is 15.0. The molecule has 0 aromatic rings. The molecule has 0 spiro atoms. The molecule has 0 aliphatic rings. The van der Waals surface area contributed by atoms with Gasteiger partial charge in [-0.3, -0.25) is 14.4 Å². The molecule has 0 N–H and O–H groups in total. The Labute approximate surface area is 361 Å². The number of hydrogen-bond donors (Lipinski definition) is 0. The van der Waals surface area contributed by atoms with Gasteiger partial charge in [0.15, 0.2) is 6.10 Å². The summed E-state index contributed by atoms with van der Waals surface area (Å²) in [7, 11) is 0. The summed E-state index contributed by atoms with van der Waals surface area (Å²) in [5, 5.41) is 0. The maximum atomic E-state index is 12.7. The molecular formula is C53H82O6. The largest absolute Gasteiger partial charge is 0.462 e. The summed E-state index contributed by atoms with van der Waals surface area (Å²) < 4.78 is 16.6. The van der Waals surface area contributed by atoms with E-state index in [1.807, 2.05) is 72.9 Å². The summed E-state index contributed by atoms with van der Waals surface area (Å²) in [4.78, 5) is 37.8. The van der Waals surface area contributed by atoms with Gasteiger partial charge in [-0.25, -0.2) is 0 Å². The first-order valence-corrected chi connectivity index (χ1v) is 23.2. The molecule has 0 aromatic heterocycles. The summed E-state index contributed by atoms with van der Waals surface area (Å²) in [6, 6.07) is 0. The van der Waals surface area contributed by atoms with Crippen molar-refractivity contribution in [2.45, 2.75) is 181 Å². The highest BCUT2D eigenvalue weighted by molar-refractivity contribution is 5.71. The van der Waals surface area contributed by atoms with E-state index in [1.165, 1.54) is 19.3 Å². The highest BCUT2D eigenvalue weighted by atomic mass is 16.6. The zero-order chi connectivity index (χ0) is 43.0. The molecule has 330 valence electrons. The number of hydrogen-bond acceptors (Lipinski definition) is 6. The maximum Gasteiger partial charge on any atom is 0.306 e. The fourth-order valence-corrected chi connectivity index (χ4v) is 5.64. The van der Waals surface area contributed by atoms with Gasteiger partial charge in [-0.15, -0.1) is 0 Å². The molecule has 1 atom stereocenters. The van der Waals surface area contributed by atoms with E-state index in [2.05, 4.69) is 69.4 Å². The van der Waals surface area contributed by atoms with Crippen molar-refractivity contribution in [3.8, 4) is 0 Å². The lowest BCUT2D eigenvalue weighted by atomic mass is 10.1. The molecule has 0 aliphatic carbocycles. The van der Waals surface area contributed by atoms with E-state index in [4.69, 9.17) is 14.2 Å². The number of rotatable bonds is 39. The number of carbonyl (C=O) groups is 3. The molecule has 6 heteroatoms. The van der Waals surface area contributed by atoms with Crippen LogP contribution in [0.5, 0.6) is 0 Å². The summed E-state index contributed by atoms with van der Waals surface area (Å²) in [6.07, 6.45) is 63.2. The average molecular weight is 815 g/mol. The minimum Gasteiger partial charge on any atom is -0.462 e. The second-order valence-electron chi connectivity index (χ2n) is 14.8. The van der Waals surface area contributed by atoms with Crippen molar-refractivity contribution in [2.75, 3.05) is 13.2 Å². The van der Waals surface area contributed by atoms with E-state index in [1.54, 1.807) is 0 Å². The monoisotopic (exact) mass is 815 g/mol. The SMILES string of the molecule is CC\C=C/C=C\C=C/C=C\CCCCCC(=O)OC(COC(=O)CCCCCC/C=C\CCCC)COC(=O)CCCCCCC\C=C/C=C\C=C/C=C\C=C/CCC. The minimum atomic E-state index is -0.815. The molecule has 0 amide bonds. The van der Waals surface area contributed by atoms with Crippen molar-refractivity contribution in [2.24, 2.45) is 0 Å². The minimum absolute atomic E-state index is 0.113. The third-order valence-electron chi connectivity index (χ3n) is 9.12. The van der Waals surface area contributed by atoms with Crippen LogP contribution < -0.4 is 0 Å². The smallest absolute Gasteiger partial charge is 0.306 e. The fraction of sp³-hybridized carbons (Fsp3) is 0.566. The lowest BCUT2D eigenvalue weighted by Crippen LogP contribution is -2.30. The van der Waals surface area contributed by atoms with Crippen molar-refractivity contribution in [3.05, 3.63) is 122 Å². The van der Waals surface area contributed by atoms with Crippen LogP contribution in [0.15, 0.2) is 122 Å². The molecule has 0 rings (SSSR count). The van der Waals surface area contributed by atoms with Gasteiger partial charge >= 0.3 is 17.9 Å². The second-order valence-corrected chi connectivity index (χ2v) is 14.8. The van der Waals surface area contributed by atoms with Crippen LogP contribution in [0.25, 0.3) is 0 Å². The normalized spacial score (nSPS) is 13.2. The van der Waals surface area contributed by atoms with Crippen molar-refractivity contribution in [3.63, 3.8) is 0 Å². The first-order valence-electron chi connectivity index (χ1n) is 23.2. The van der Waals surface area contributed by atoms with Crippen LogP contribution in [0, 0.1) is 0 Å². The summed E-state index contributed by atoms with van der Waals surface area (Å²) >= 11 is 0. The van der Waals surface area contributed by atoms with Gasteiger partial charge in [-0.05, 0) is 77.0 Å². The van der Waals surface area contributed by atoms with Gasteiger partial charge in [0.25, 0.3) is 0 Å². The Morgan fingerprint density at radius 2 is 0.712 bits per heavy atom. The number of allylic oxidation sites excluding steroid dienone is 20. The Morgan fingerprint density at radius 1 is 0.356 bits per heavy atom. The molecular weight excluding hydrogens is 733 g/mol. The van der Waals surface area contributed by atoms with Gasteiger partial charge in [0.2, 0.25) is 0 Å². The quantitative estimate of drug-likeness (QED) is 0.0202. The topological polar surface area (TPSA) is 78.9 Å². The third kappa shape index (κ3) is 44.8. The number of esters is 3. The van der Waals surface area contributed by atoms with Crippen LogP contribution in [0.4, 0.5) is 0 Å². The van der Waals surface area contributed by atoms with Crippen molar-refractivity contribution >= 4 is 17.9 Å². The zero-order valence-electron chi connectivity index (χ0n) is 37.5. The molecule has 0 heterocycles. The van der Waals surface area contributed by atoms with E-state index < -0.39 is 6.10 Å². The molecule has 1 unspecified atom stereocenters. The van der Waals surface area contributed by atoms with Crippen molar-refractivity contribution < 1.29 is 28.6 Å². The maximum absolute atomic E-state index is 12.7. The van der Waals surface area contributed by atoms with Crippen LogP contribution in [-0.2, 0) is 28.6 Å². The van der Waals surface area contributed by atoms with E-state index >= 15 is 0 Å². The summed E-state index contributed by atoms with van der Waals surface area (Å²) in [6.45, 7) is 6.26. The van der Waals surface area contributed by atoms with Gasteiger partial charge in [-0.1, -0.05) is 200 Å². The Bertz CT molecular complexity index is 1300. The molecule has 0 radical (unpaired) electrons. The van der Waals surface area contributed by atoms with Gasteiger partial charge in [0.05, 0.1) is 0 Å². The second kappa shape index (κ2) is 46.5. The predicted molar refractivity (Wildman–Crippen MR) is 251 cm³/mol. The lowest BCUT2D eigenvalue weighted by molar-refractivity contribution is -0.167. The van der Waals surface area contributed by atoms with Crippen LogP contribution in [0.1, 0.15) is 175 Å². The average Bonchev–Trinajstić information content (AvgIpc) is 3.23. The molecule has 0 aromatic carbocycles. The molecule has 0 bridgehead atoms. The van der Waals surface area contributed by atoms with E-state index in [-0.39, 0.29) is 37.5 Å². The van der Waals surface area contributed by atoms with Crippen LogP contribution in [-0.4, -0.2) is 37.2 Å². The highest BCUT2D eigenvalue weighted by Crippen LogP contribution is 2.12. The highest BCUT2D eigenvalue weighted by Gasteiger charge is 2.19. The Hall–Kier alpha value is -4.19. The van der Waals surface area contributed by atoms with Gasteiger partial charge in [-0.2, -0.15) is 0 Å². The van der Waals surface area contributed by atoms with Crippen LogP contribution in [0.3, 0.4) is 0 Å². The van der Waals surface area contributed by atoms with E-state index in [9.17, 15) is 14.4 Å². The third-order valence-corrected chi connectivity index (χ3v) is 9.12. The van der Waals surface area contributed by atoms with Gasteiger partial charge in [0.1, 0.15) is 13.2 Å². The standard InChI is InChI=1S/C53H82O6/c1-4-7-10-13-16-19-22-24-25-26-27-28-30-31-34-37-40-43-46-52(55)58-49-50(48-57-51(54)45-42-39-36-33-21-18-15-12-9-6-3)59-53(56)47-44-41-38-35-32-29-23-20-17-14-11-8-5-2/h8,10-11,13-20,22-29,32,50H,4-7,9,12,21,30-31,33-49H2,1-3H3/b11-8-,13-10-,17-14-,18-15-,19-16-,23-20-,24-22-,26-25-,28-27-,32-29-. The molecule has 59 heavy (non-hydrogen) atoms. The first kappa shape index (κ1) is 54.8. The fourth-order valence-electron chi connectivity index (χ4n) is 5.64. The first-order chi connectivity index (χ1) is 29.0.